The standard InChI is InChI=1S/C12H20N2O7.2Na/c1-2-3-4-5-19-12(18)21-11(17)8(14)6-9(15)20-10(16)7-13;;/h8H,2-7,13-14H2,1H3;;/t8-;;/m0../s1. The van der Waals surface area contributed by atoms with Gasteiger partial charge in [0, 0.05) is 59.1 Å². The maximum Gasteiger partial charge on any atom is 0.516 e. The zero-order valence-corrected chi connectivity index (χ0v) is 17.8. The molecule has 2 radical (unpaired) electrons. The van der Waals surface area contributed by atoms with E-state index in [0.717, 1.165) is 12.8 Å². The minimum atomic E-state index is -1.44. The second-order valence-electron chi connectivity index (χ2n) is 4.09. The number of rotatable bonds is 8. The maximum atomic E-state index is 11.4. The van der Waals surface area contributed by atoms with Gasteiger partial charge in [0.1, 0.15) is 6.04 Å². The summed E-state index contributed by atoms with van der Waals surface area (Å²) in [5.74, 6) is -3.13. The van der Waals surface area contributed by atoms with E-state index in [1.54, 1.807) is 0 Å². The van der Waals surface area contributed by atoms with Crippen LogP contribution in [0.25, 0.3) is 0 Å². The summed E-state index contributed by atoms with van der Waals surface area (Å²) in [6.07, 6.45) is 0.679. The van der Waals surface area contributed by atoms with E-state index >= 15 is 0 Å². The minimum absolute atomic E-state index is 0. The van der Waals surface area contributed by atoms with Gasteiger partial charge < -0.3 is 25.7 Å². The summed E-state index contributed by atoms with van der Waals surface area (Å²) >= 11 is 0. The van der Waals surface area contributed by atoms with Crippen LogP contribution in [0.15, 0.2) is 0 Å². The van der Waals surface area contributed by atoms with Crippen molar-refractivity contribution in [3.8, 4) is 0 Å². The third-order valence-electron chi connectivity index (χ3n) is 2.24. The Morgan fingerprint density at radius 3 is 2.13 bits per heavy atom. The summed E-state index contributed by atoms with van der Waals surface area (Å²) in [5, 5.41) is 0. The normalized spacial score (nSPS) is 10.4. The second-order valence-corrected chi connectivity index (χ2v) is 4.09. The molecule has 0 unspecified atom stereocenters. The molecule has 0 rings (SSSR count). The number of hydrogen-bond acceptors (Lipinski definition) is 9. The molecule has 0 aromatic carbocycles. The summed E-state index contributed by atoms with van der Waals surface area (Å²) in [4.78, 5) is 44.4. The summed E-state index contributed by atoms with van der Waals surface area (Å²) in [6.45, 7) is 1.63. The van der Waals surface area contributed by atoms with Crippen LogP contribution in [0.2, 0.25) is 0 Å². The average molecular weight is 350 g/mol. The van der Waals surface area contributed by atoms with Crippen LogP contribution in [0, 0.1) is 0 Å². The van der Waals surface area contributed by atoms with Crippen molar-refractivity contribution in [2.45, 2.75) is 38.6 Å². The van der Waals surface area contributed by atoms with Gasteiger partial charge in [0.05, 0.1) is 19.6 Å². The third-order valence-corrected chi connectivity index (χ3v) is 2.24. The van der Waals surface area contributed by atoms with E-state index in [4.69, 9.17) is 11.5 Å². The zero-order valence-electron chi connectivity index (χ0n) is 13.8. The first-order valence-corrected chi connectivity index (χ1v) is 6.48. The van der Waals surface area contributed by atoms with Crippen LogP contribution in [0.3, 0.4) is 0 Å². The third kappa shape index (κ3) is 15.3. The van der Waals surface area contributed by atoms with Crippen molar-refractivity contribution in [1.29, 1.82) is 0 Å². The van der Waals surface area contributed by atoms with Crippen LogP contribution in [0.1, 0.15) is 32.6 Å². The van der Waals surface area contributed by atoms with Gasteiger partial charge in [-0.2, -0.15) is 0 Å². The first-order valence-electron chi connectivity index (χ1n) is 6.48. The predicted octanol–water partition coefficient (Wildman–Crippen LogP) is -1.16. The number of ether oxygens (including phenoxy) is 3. The SMILES string of the molecule is CCCCCOC(=O)OC(=O)[C@@H](N)CC(=O)OC(=O)CN.[Na].[Na]. The number of carbonyl (C=O) groups excluding carboxylic acids is 4. The van der Waals surface area contributed by atoms with E-state index in [1.165, 1.54) is 0 Å². The number of nitrogens with two attached hydrogens (primary N) is 2. The molecule has 0 aliphatic heterocycles. The average Bonchev–Trinajstić information content (AvgIpc) is 2.43. The fraction of sp³-hybridized carbons (Fsp3) is 0.667. The first kappa shape index (κ1) is 27.8. The molecule has 9 nitrogen and oxygen atoms in total. The van der Waals surface area contributed by atoms with E-state index in [9.17, 15) is 19.2 Å². The molecular weight excluding hydrogens is 330 g/mol. The van der Waals surface area contributed by atoms with Crippen LogP contribution >= 0.6 is 0 Å². The summed E-state index contributed by atoms with van der Waals surface area (Å²) in [6, 6.07) is -1.44. The molecule has 0 saturated carbocycles. The van der Waals surface area contributed by atoms with Gasteiger partial charge in [-0.05, 0) is 6.42 Å². The summed E-state index contributed by atoms with van der Waals surface area (Å²) < 4.78 is 13.1. The molecule has 0 heterocycles. The Hall–Kier alpha value is 0.000000000000000222. The molecule has 4 N–H and O–H groups in total. The predicted molar refractivity (Wildman–Crippen MR) is 81.2 cm³/mol. The molecule has 0 aromatic heterocycles. The molecule has 0 aliphatic rings. The van der Waals surface area contributed by atoms with Crippen LogP contribution in [-0.2, 0) is 28.6 Å². The van der Waals surface area contributed by atoms with E-state index in [0.29, 0.717) is 6.42 Å². The number of hydrogen-bond donors (Lipinski definition) is 2. The summed E-state index contributed by atoms with van der Waals surface area (Å²) in [5.41, 5.74) is 10.3. The monoisotopic (exact) mass is 350 g/mol. The van der Waals surface area contributed by atoms with Crippen molar-refractivity contribution in [2.75, 3.05) is 13.2 Å². The van der Waals surface area contributed by atoms with E-state index in [-0.39, 0.29) is 65.7 Å². The van der Waals surface area contributed by atoms with Gasteiger partial charge in [-0.1, -0.05) is 19.8 Å². The molecule has 0 bridgehead atoms. The fourth-order valence-electron chi connectivity index (χ4n) is 1.17. The zero-order chi connectivity index (χ0) is 16.3. The largest absolute Gasteiger partial charge is 0.516 e. The quantitative estimate of drug-likeness (QED) is 0.239. The Bertz CT molecular complexity index is 394. The van der Waals surface area contributed by atoms with Crippen molar-refractivity contribution in [3.63, 3.8) is 0 Å². The van der Waals surface area contributed by atoms with E-state index in [1.807, 2.05) is 6.92 Å². The number of esters is 3. The molecule has 0 saturated heterocycles. The number of carbonyl (C=O) groups is 4. The van der Waals surface area contributed by atoms with Gasteiger partial charge in [0.2, 0.25) is 0 Å². The van der Waals surface area contributed by atoms with Gasteiger partial charge in [-0.25, -0.2) is 9.59 Å². The van der Waals surface area contributed by atoms with Crippen molar-refractivity contribution >= 4 is 83.2 Å². The second kappa shape index (κ2) is 16.8. The molecule has 122 valence electrons. The van der Waals surface area contributed by atoms with Gasteiger partial charge in [-0.3, -0.25) is 9.59 Å². The molecule has 1 atom stereocenters. The smallest absolute Gasteiger partial charge is 0.434 e. The molecule has 23 heavy (non-hydrogen) atoms. The molecule has 0 aliphatic carbocycles. The van der Waals surface area contributed by atoms with Crippen LogP contribution < -0.4 is 11.5 Å². The number of unbranched alkanes of at least 4 members (excludes halogenated alkanes) is 2. The van der Waals surface area contributed by atoms with Crippen molar-refractivity contribution in [3.05, 3.63) is 0 Å². The van der Waals surface area contributed by atoms with Crippen LogP contribution in [-0.4, -0.2) is 102 Å². The van der Waals surface area contributed by atoms with Gasteiger partial charge in [-0.15, -0.1) is 0 Å². The van der Waals surface area contributed by atoms with Crippen molar-refractivity contribution < 1.29 is 33.4 Å². The Balaban J connectivity index is -0.00000200. The van der Waals surface area contributed by atoms with Crippen LogP contribution in [0.4, 0.5) is 4.79 Å². The van der Waals surface area contributed by atoms with Gasteiger partial charge in [0.15, 0.2) is 0 Å². The van der Waals surface area contributed by atoms with Crippen LogP contribution in [0.5, 0.6) is 0 Å². The van der Waals surface area contributed by atoms with Crippen molar-refractivity contribution in [1.82, 2.24) is 0 Å². The summed E-state index contributed by atoms with van der Waals surface area (Å²) in [7, 11) is 0. The fourth-order valence-corrected chi connectivity index (χ4v) is 1.17. The first-order chi connectivity index (χ1) is 9.90. The molecule has 11 heteroatoms. The Kier molecular flexibility index (Phi) is 20.4. The molecule has 0 spiro atoms. The minimum Gasteiger partial charge on any atom is -0.434 e. The maximum absolute atomic E-state index is 11.4. The van der Waals surface area contributed by atoms with Gasteiger partial charge >= 0.3 is 24.1 Å². The van der Waals surface area contributed by atoms with E-state index in [2.05, 4.69) is 14.2 Å². The topological polar surface area (TPSA) is 148 Å². The molecular formula is C12H20N2Na2O7. The Labute approximate surface area is 178 Å². The molecule has 0 fully saturated rings. The molecule has 0 amide bonds. The Morgan fingerprint density at radius 1 is 1.00 bits per heavy atom. The molecule has 0 aromatic rings. The van der Waals surface area contributed by atoms with Gasteiger partial charge in [0.25, 0.3) is 0 Å². The van der Waals surface area contributed by atoms with E-state index < -0.39 is 43.1 Å². The van der Waals surface area contributed by atoms with Crippen molar-refractivity contribution in [2.24, 2.45) is 11.5 Å². The Morgan fingerprint density at radius 2 is 1.61 bits per heavy atom.